The normalized spacial score (nSPS) is 10.2. The minimum atomic E-state index is -0.609. The second-order valence-electron chi connectivity index (χ2n) is 4.09. The number of nitrogens with zero attached hydrogens (tertiary/aromatic N) is 1. The summed E-state index contributed by atoms with van der Waals surface area (Å²) in [6, 6.07) is 8.50. The van der Waals surface area contributed by atoms with Crippen molar-refractivity contribution in [2.24, 2.45) is 0 Å². The Morgan fingerprint density at radius 3 is 2.52 bits per heavy atom. The van der Waals surface area contributed by atoms with E-state index < -0.39 is 10.7 Å². The molecule has 0 radical (unpaired) electrons. The van der Waals surface area contributed by atoms with Crippen LogP contribution in [0.5, 0.6) is 17.2 Å². The van der Waals surface area contributed by atoms with Gasteiger partial charge in [0.2, 0.25) is 5.75 Å². The molecule has 0 aromatic heterocycles. The van der Waals surface area contributed by atoms with E-state index in [1.54, 1.807) is 6.07 Å². The second-order valence-corrected chi connectivity index (χ2v) is 4.65. The zero-order chi connectivity index (χ0) is 15.4. The Bertz CT molecular complexity index is 678. The predicted octanol–water partition coefficient (Wildman–Crippen LogP) is 4.43. The topological polar surface area (TPSA) is 61.6 Å². The zero-order valence-corrected chi connectivity index (χ0v) is 12.6. The molecule has 0 aliphatic carbocycles. The van der Waals surface area contributed by atoms with Gasteiger partial charge in [0.1, 0.15) is 5.75 Å². The fourth-order valence-corrected chi connectivity index (χ4v) is 2.03. The Kier molecular flexibility index (Phi) is 4.74. The van der Waals surface area contributed by atoms with Crippen molar-refractivity contribution in [3.05, 3.63) is 57.9 Å². The summed E-state index contributed by atoms with van der Waals surface area (Å²) in [6.07, 6.45) is 0. The van der Waals surface area contributed by atoms with Gasteiger partial charge in [-0.25, -0.2) is 4.39 Å². The first kappa shape index (κ1) is 15.2. The predicted molar refractivity (Wildman–Crippen MR) is 78.8 cm³/mol. The van der Waals surface area contributed by atoms with Crippen LogP contribution in [0, 0.1) is 15.9 Å². The first-order valence-corrected chi connectivity index (χ1v) is 7.02. The highest BCUT2D eigenvalue weighted by Crippen LogP contribution is 2.35. The maximum Gasteiger partial charge on any atom is 0.315 e. The van der Waals surface area contributed by atoms with Crippen molar-refractivity contribution in [1.82, 2.24) is 0 Å². The number of hydrogen-bond donors (Lipinski definition) is 0. The number of halogens is 2. The highest BCUT2D eigenvalue weighted by molar-refractivity contribution is 9.08. The lowest BCUT2D eigenvalue weighted by molar-refractivity contribution is -0.385. The first-order valence-electron chi connectivity index (χ1n) is 5.90. The summed E-state index contributed by atoms with van der Waals surface area (Å²) >= 11 is 3.22. The Morgan fingerprint density at radius 2 is 1.95 bits per heavy atom. The van der Waals surface area contributed by atoms with Gasteiger partial charge in [-0.3, -0.25) is 10.1 Å². The van der Waals surface area contributed by atoms with Crippen LogP contribution >= 0.6 is 15.9 Å². The lowest BCUT2D eigenvalue weighted by atomic mass is 10.2. The lowest BCUT2D eigenvalue weighted by Crippen LogP contribution is -1.96. The van der Waals surface area contributed by atoms with Gasteiger partial charge in [0, 0.05) is 5.33 Å². The molecule has 21 heavy (non-hydrogen) atoms. The van der Waals surface area contributed by atoms with Gasteiger partial charge >= 0.3 is 5.69 Å². The molecule has 0 bridgehead atoms. The molecule has 0 saturated heterocycles. The zero-order valence-electron chi connectivity index (χ0n) is 11.0. The molecule has 5 nitrogen and oxygen atoms in total. The Labute approximate surface area is 128 Å². The van der Waals surface area contributed by atoms with Crippen molar-refractivity contribution in [3.8, 4) is 17.2 Å². The number of nitro groups is 1. The molecule has 0 aliphatic heterocycles. The van der Waals surface area contributed by atoms with Gasteiger partial charge in [0.05, 0.1) is 18.1 Å². The average Bonchev–Trinajstić information content (AvgIpc) is 2.49. The van der Waals surface area contributed by atoms with Crippen LogP contribution in [0.15, 0.2) is 36.4 Å². The average molecular weight is 356 g/mol. The van der Waals surface area contributed by atoms with Crippen LogP contribution in [-0.2, 0) is 5.33 Å². The highest BCUT2D eigenvalue weighted by Gasteiger charge is 2.18. The van der Waals surface area contributed by atoms with Crippen molar-refractivity contribution in [1.29, 1.82) is 0 Å². The van der Waals surface area contributed by atoms with Gasteiger partial charge in [0.25, 0.3) is 0 Å². The van der Waals surface area contributed by atoms with E-state index in [9.17, 15) is 14.5 Å². The molecule has 2 aromatic carbocycles. The number of benzene rings is 2. The summed E-state index contributed by atoms with van der Waals surface area (Å²) in [6.45, 7) is 0. The van der Waals surface area contributed by atoms with Crippen molar-refractivity contribution < 1.29 is 18.8 Å². The van der Waals surface area contributed by atoms with E-state index in [-0.39, 0.29) is 17.2 Å². The third-order valence-corrected chi connectivity index (χ3v) is 3.38. The molecule has 0 heterocycles. The lowest BCUT2D eigenvalue weighted by Gasteiger charge is -2.09. The molecule has 0 atom stereocenters. The van der Waals surface area contributed by atoms with E-state index in [1.165, 1.54) is 37.4 Å². The molecular weight excluding hydrogens is 345 g/mol. The third kappa shape index (κ3) is 3.49. The number of nitro benzene ring substituents is 1. The van der Waals surface area contributed by atoms with Crippen LogP contribution in [-0.4, -0.2) is 12.0 Å². The summed E-state index contributed by atoms with van der Waals surface area (Å²) in [4.78, 5) is 10.4. The number of ether oxygens (including phenoxy) is 2. The van der Waals surface area contributed by atoms with Gasteiger partial charge in [0.15, 0.2) is 11.6 Å². The van der Waals surface area contributed by atoms with Gasteiger partial charge in [-0.05, 0) is 29.8 Å². The molecule has 0 spiro atoms. The summed E-state index contributed by atoms with van der Waals surface area (Å²) < 4.78 is 24.1. The molecule has 2 rings (SSSR count). The fraction of sp³-hybridized carbons (Fsp3) is 0.143. The van der Waals surface area contributed by atoms with Crippen LogP contribution in [0.1, 0.15) is 5.56 Å². The fourth-order valence-electron chi connectivity index (χ4n) is 1.68. The van der Waals surface area contributed by atoms with Crippen LogP contribution in [0.4, 0.5) is 10.1 Å². The van der Waals surface area contributed by atoms with Gasteiger partial charge in [-0.1, -0.05) is 22.0 Å². The van der Waals surface area contributed by atoms with E-state index in [4.69, 9.17) is 9.47 Å². The van der Waals surface area contributed by atoms with Gasteiger partial charge < -0.3 is 9.47 Å². The maximum absolute atomic E-state index is 13.9. The monoisotopic (exact) mass is 355 g/mol. The Morgan fingerprint density at radius 1 is 1.24 bits per heavy atom. The minimum absolute atomic E-state index is 0.0497. The third-order valence-electron chi connectivity index (χ3n) is 2.73. The van der Waals surface area contributed by atoms with Crippen LogP contribution in [0.3, 0.4) is 0 Å². The van der Waals surface area contributed by atoms with Crippen LogP contribution in [0.25, 0.3) is 0 Å². The standard InChI is InChI=1S/C14H11BrFNO4/c1-20-10-3-5-14(12(7-10)17(18)19)21-13-4-2-9(8-15)6-11(13)16/h2-7H,8H2,1H3. The van der Waals surface area contributed by atoms with Gasteiger partial charge in [-0.2, -0.15) is 0 Å². The minimum Gasteiger partial charge on any atom is -0.496 e. The number of methoxy groups -OCH3 is 1. The van der Waals surface area contributed by atoms with E-state index in [1.807, 2.05) is 0 Å². The van der Waals surface area contributed by atoms with E-state index in [0.29, 0.717) is 11.1 Å². The van der Waals surface area contributed by atoms with E-state index >= 15 is 0 Å². The molecule has 110 valence electrons. The number of rotatable bonds is 5. The van der Waals surface area contributed by atoms with Crippen LogP contribution in [0.2, 0.25) is 0 Å². The summed E-state index contributed by atoms with van der Waals surface area (Å²) in [5.41, 5.74) is 0.447. The molecule has 0 saturated carbocycles. The number of hydrogen-bond acceptors (Lipinski definition) is 4. The van der Waals surface area contributed by atoms with Crippen LogP contribution < -0.4 is 9.47 Å². The molecule has 2 aromatic rings. The van der Waals surface area contributed by atoms with Crippen molar-refractivity contribution in [2.45, 2.75) is 5.33 Å². The maximum atomic E-state index is 13.9. The summed E-state index contributed by atoms with van der Waals surface area (Å²) in [5, 5.41) is 11.5. The molecule has 0 N–H and O–H groups in total. The Balaban J connectivity index is 2.37. The van der Waals surface area contributed by atoms with E-state index in [0.717, 1.165) is 5.56 Å². The largest absolute Gasteiger partial charge is 0.496 e. The van der Waals surface area contributed by atoms with Crippen molar-refractivity contribution >= 4 is 21.6 Å². The smallest absolute Gasteiger partial charge is 0.315 e. The molecule has 7 heteroatoms. The molecular formula is C14H11BrFNO4. The molecule has 0 amide bonds. The van der Waals surface area contributed by atoms with Crippen molar-refractivity contribution in [3.63, 3.8) is 0 Å². The highest BCUT2D eigenvalue weighted by atomic mass is 79.9. The Hall–Kier alpha value is -2.15. The van der Waals surface area contributed by atoms with Gasteiger partial charge in [-0.15, -0.1) is 0 Å². The second kappa shape index (κ2) is 6.53. The first-order chi connectivity index (χ1) is 10.0. The van der Waals surface area contributed by atoms with Crippen molar-refractivity contribution in [2.75, 3.05) is 7.11 Å². The molecule has 0 aliphatic rings. The van der Waals surface area contributed by atoms with E-state index in [2.05, 4.69) is 15.9 Å². The SMILES string of the molecule is COc1ccc(Oc2ccc(CBr)cc2F)c([N+](=O)[O-])c1. The summed E-state index contributed by atoms with van der Waals surface area (Å²) in [5.74, 6) is -0.388. The number of alkyl halides is 1. The molecule has 0 unspecified atom stereocenters. The summed E-state index contributed by atoms with van der Waals surface area (Å²) in [7, 11) is 1.40. The molecule has 0 fully saturated rings. The quantitative estimate of drug-likeness (QED) is 0.452.